The fourth-order valence-electron chi connectivity index (χ4n) is 4.12. The molecule has 2 aromatic carbocycles. The number of hydrogen-bond donors (Lipinski definition) is 2. The number of ether oxygens (including phenoxy) is 2. The highest BCUT2D eigenvalue weighted by molar-refractivity contribution is 5.92. The summed E-state index contributed by atoms with van der Waals surface area (Å²) in [4.78, 5) is 53.8. The molecule has 2 aromatic rings. The van der Waals surface area contributed by atoms with Crippen LogP contribution in [0.5, 0.6) is 0 Å². The topological polar surface area (TPSA) is 114 Å². The molecule has 0 fully saturated rings. The maximum absolute atomic E-state index is 14.2. The lowest BCUT2D eigenvalue weighted by atomic mass is 9.97. The highest BCUT2D eigenvalue weighted by Gasteiger charge is 2.36. The molecule has 0 saturated heterocycles. The van der Waals surface area contributed by atoms with Gasteiger partial charge in [-0.15, -0.1) is 6.58 Å². The summed E-state index contributed by atoms with van der Waals surface area (Å²) >= 11 is 0. The summed E-state index contributed by atoms with van der Waals surface area (Å²) in [5.41, 5.74) is 1.46. The second-order valence-corrected chi connectivity index (χ2v) is 10.3. The van der Waals surface area contributed by atoms with E-state index in [1.807, 2.05) is 49.4 Å². The highest BCUT2D eigenvalue weighted by Crippen LogP contribution is 2.26. The van der Waals surface area contributed by atoms with Crippen molar-refractivity contribution in [2.45, 2.75) is 65.1 Å². The van der Waals surface area contributed by atoms with E-state index in [0.717, 1.165) is 11.1 Å². The fourth-order valence-corrected chi connectivity index (χ4v) is 4.12. The average molecular weight is 552 g/mol. The first kappa shape index (κ1) is 32.1. The minimum atomic E-state index is -1.05. The largest absolute Gasteiger partial charge is 0.466 e. The van der Waals surface area contributed by atoms with Crippen LogP contribution in [0.4, 0.5) is 4.79 Å². The van der Waals surface area contributed by atoms with Crippen molar-refractivity contribution in [3.05, 3.63) is 83.9 Å². The van der Waals surface area contributed by atoms with Crippen LogP contribution in [0.15, 0.2) is 67.3 Å². The van der Waals surface area contributed by atoms with E-state index in [1.54, 1.807) is 39.8 Å². The number of alkyl carbamates (subject to hydrolysis) is 1. The molecule has 2 N–H and O–H groups in total. The van der Waals surface area contributed by atoms with Gasteiger partial charge in [0.15, 0.2) is 0 Å². The molecule has 0 aliphatic rings. The van der Waals surface area contributed by atoms with E-state index in [9.17, 15) is 19.2 Å². The van der Waals surface area contributed by atoms with Crippen LogP contribution in [0.2, 0.25) is 0 Å². The molecule has 40 heavy (non-hydrogen) atoms. The maximum atomic E-state index is 14.2. The van der Waals surface area contributed by atoms with Crippen molar-refractivity contribution in [1.82, 2.24) is 15.5 Å². The summed E-state index contributed by atoms with van der Waals surface area (Å²) in [6, 6.07) is 14.5. The molecule has 9 nitrogen and oxygen atoms in total. The first-order valence-electron chi connectivity index (χ1n) is 13.4. The van der Waals surface area contributed by atoms with E-state index in [-0.39, 0.29) is 32.5 Å². The molecule has 0 radical (unpaired) electrons. The molecule has 0 aliphatic heterocycles. The molecule has 9 heteroatoms. The number of esters is 1. The Morgan fingerprint density at radius 2 is 1.68 bits per heavy atom. The van der Waals surface area contributed by atoms with Gasteiger partial charge in [-0.3, -0.25) is 14.4 Å². The van der Waals surface area contributed by atoms with Crippen molar-refractivity contribution in [2.24, 2.45) is 0 Å². The van der Waals surface area contributed by atoms with Crippen molar-refractivity contribution >= 4 is 23.9 Å². The van der Waals surface area contributed by atoms with Crippen molar-refractivity contribution in [1.29, 1.82) is 0 Å². The molecule has 216 valence electrons. The van der Waals surface area contributed by atoms with E-state index in [0.29, 0.717) is 5.56 Å². The Labute approximate surface area is 236 Å². The summed E-state index contributed by atoms with van der Waals surface area (Å²) in [7, 11) is 0. The molecule has 0 aliphatic carbocycles. The summed E-state index contributed by atoms with van der Waals surface area (Å²) in [6.07, 6.45) is 0.957. The Morgan fingerprint density at radius 1 is 1.02 bits per heavy atom. The lowest BCUT2D eigenvalue weighted by Crippen LogP contribution is -2.54. The fraction of sp³-hybridized carbons (Fsp3) is 0.419. The Morgan fingerprint density at radius 3 is 2.27 bits per heavy atom. The molecule has 3 amide bonds. The number of aryl methyl sites for hydroxylation is 1. The summed E-state index contributed by atoms with van der Waals surface area (Å²) in [5.74, 6) is -1.38. The van der Waals surface area contributed by atoms with Crippen LogP contribution in [0.3, 0.4) is 0 Å². The van der Waals surface area contributed by atoms with Crippen LogP contribution in [0.25, 0.3) is 0 Å². The standard InChI is InChI=1S/C31H41N3O6/c1-7-20-34(27(24-17-13-12-14-22(24)3)28(36)32-19-18-26(35)39-8-2)29(37)25(21-23-15-10-9-11-16-23)33-30(38)40-31(4,5)6/h7,9-17,25,27H,1,8,18-21H2,2-6H3,(H,32,36)(H,33,38). The Bertz CT molecular complexity index is 1160. The van der Waals surface area contributed by atoms with Crippen LogP contribution in [-0.2, 0) is 30.3 Å². The second kappa shape index (κ2) is 15.5. The zero-order valence-corrected chi connectivity index (χ0v) is 24.1. The molecule has 0 saturated carbocycles. The molecule has 0 aromatic heterocycles. The monoisotopic (exact) mass is 551 g/mol. The van der Waals surface area contributed by atoms with Crippen LogP contribution < -0.4 is 10.6 Å². The SMILES string of the molecule is C=CCN(C(=O)C(Cc1ccccc1)NC(=O)OC(C)(C)C)C(C(=O)NCCC(=O)OCC)c1ccccc1C. The summed E-state index contributed by atoms with van der Waals surface area (Å²) in [5, 5.41) is 5.49. The highest BCUT2D eigenvalue weighted by atomic mass is 16.6. The van der Waals surface area contributed by atoms with Gasteiger partial charge >= 0.3 is 12.1 Å². The van der Waals surface area contributed by atoms with Gasteiger partial charge in [0.25, 0.3) is 0 Å². The van der Waals surface area contributed by atoms with Gasteiger partial charge in [-0.2, -0.15) is 0 Å². The smallest absolute Gasteiger partial charge is 0.408 e. The van der Waals surface area contributed by atoms with Crippen LogP contribution in [-0.4, -0.2) is 60.1 Å². The first-order valence-corrected chi connectivity index (χ1v) is 13.4. The number of carbonyl (C=O) groups excluding carboxylic acids is 4. The number of carbonyl (C=O) groups is 4. The Kier molecular flexibility index (Phi) is 12.4. The van der Waals surface area contributed by atoms with Crippen molar-refractivity contribution in [3.63, 3.8) is 0 Å². The van der Waals surface area contributed by atoms with Crippen molar-refractivity contribution in [3.8, 4) is 0 Å². The molecular weight excluding hydrogens is 510 g/mol. The zero-order chi connectivity index (χ0) is 29.7. The van der Waals surface area contributed by atoms with Gasteiger partial charge in [-0.25, -0.2) is 4.79 Å². The van der Waals surface area contributed by atoms with Gasteiger partial charge in [-0.1, -0.05) is 60.7 Å². The van der Waals surface area contributed by atoms with Crippen molar-refractivity contribution in [2.75, 3.05) is 19.7 Å². The van der Waals surface area contributed by atoms with E-state index < -0.39 is 41.6 Å². The minimum Gasteiger partial charge on any atom is -0.466 e. The number of benzene rings is 2. The summed E-state index contributed by atoms with van der Waals surface area (Å²) < 4.78 is 10.4. The lowest BCUT2D eigenvalue weighted by Gasteiger charge is -2.34. The summed E-state index contributed by atoms with van der Waals surface area (Å²) in [6.45, 7) is 12.9. The number of rotatable bonds is 13. The molecule has 2 atom stereocenters. The van der Waals surface area contributed by atoms with E-state index in [4.69, 9.17) is 9.47 Å². The van der Waals surface area contributed by atoms with Crippen LogP contribution >= 0.6 is 0 Å². The van der Waals surface area contributed by atoms with Gasteiger partial charge in [0.2, 0.25) is 11.8 Å². The quantitative estimate of drug-likeness (QED) is 0.284. The Balaban J connectivity index is 2.46. The normalized spacial score (nSPS) is 12.4. The average Bonchev–Trinajstić information content (AvgIpc) is 2.88. The predicted molar refractivity (Wildman–Crippen MR) is 153 cm³/mol. The number of amides is 3. The zero-order valence-electron chi connectivity index (χ0n) is 24.1. The minimum absolute atomic E-state index is 0.00763. The molecule has 0 heterocycles. The van der Waals surface area contributed by atoms with Gasteiger partial charge in [0, 0.05) is 19.5 Å². The van der Waals surface area contributed by atoms with Gasteiger partial charge < -0.3 is 25.0 Å². The van der Waals surface area contributed by atoms with Crippen LogP contribution in [0.1, 0.15) is 56.8 Å². The number of nitrogens with one attached hydrogen (secondary N) is 2. The second-order valence-electron chi connectivity index (χ2n) is 10.3. The van der Waals surface area contributed by atoms with Crippen molar-refractivity contribution < 1.29 is 28.7 Å². The number of nitrogens with zero attached hydrogens (tertiary/aromatic N) is 1. The molecule has 0 bridgehead atoms. The predicted octanol–water partition coefficient (Wildman–Crippen LogP) is 4.26. The maximum Gasteiger partial charge on any atom is 0.408 e. The third kappa shape index (κ3) is 10.2. The van der Waals surface area contributed by atoms with E-state index in [2.05, 4.69) is 17.2 Å². The number of hydrogen-bond acceptors (Lipinski definition) is 6. The third-order valence-corrected chi connectivity index (χ3v) is 5.86. The lowest BCUT2D eigenvalue weighted by molar-refractivity contribution is -0.144. The molecular formula is C31H41N3O6. The third-order valence-electron chi connectivity index (χ3n) is 5.86. The van der Waals surface area contributed by atoms with E-state index >= 15 is 0 Å². The van der Waals surface area contributed by atoms with Gasteiger partial charge in [-0.05, 0) is 51.3 Å². The molecule has 2 rings (SSSR count). The van der Waals surface area contributed by atoms with Gasteiger partial charge in [0.05, 0.1) is 13.0 Å². The first-order chi connectivity index (χ1) is 19.0. The van der Waals surface area contributed by atoms with Gasteiger partial charge in [0.1, 0.15) is 17.7 Å². The van der Waals surface area contributed by atoms with Crippen LogP contribution in [0, 0.1) is 6.92 Å². The van der Waals surface area contributed by atoms with E-state index in [1.165, 1.54) is 11.0 Å². The molecule has 0 spiro atoms. The Hall–Kier alpha value is -4.14. The molecule has 2 unspecified atom stereocenters.